The van der Waals surface area contributed by atoms with Crippen LogP contribution in [0.15, 0.2) is 0 Å². The highest BCUT2D eigenvalue weighted by atomic mass is 16.3. The molecule has 76 valence electrons. The Morgan fingerprint density at radius 3 is 2.46 bits per heavy atom. The summed E-state index contributed by atoms with van der Waals surface area (Å²) in [4.78, 5) is 20.3. The van der Waals surface area contributed by atoms with Gasteiger partial charge in [-0.15, -0.1) is 0 Å². The van der Waals surface area contributed by atoms with Crippen molar-refractivity contribution in [2.24, 2.45) is 0 Å². The van der Waals surface area contributed by atoms with Crippen LogP contribution in [0.4, 0.5) is 0 Å². The Kier molecular flexibility index (Phi) is 5.07. The van der Waals surface area contributed by atoms with Gasteiger partial charge < -0.3 is 25.4 Å². The summed E-state index contributed by atoms with van der Waals surface area (Å²) in [6.07, 6.45) is -3.09. The van der Waals surface area contributed by atoms with E-state index >= 15 is 0 Å². The Hall–Kier alpha value is -0.980. The van der Waals surface area contributed by atoms with Gasteiger partial charge in [0.25, 0.3) is 0 Å². The van der Waals surface area contributed by atoms with Gasteiger partial charge in [0, 0.05) is 6.61 Å². The van der Waals surface area contributed by atoms with E-state index in [-0.39, 0.29) is 25.7 Å². The first-order valence-electron chi connectivity index (χ1n) is 4.18. The lowest BCUT2D eigenvalue weighted by atomic mass is 10.0. The van der Waals surface area contributed by atoms with Gasteiger partial charge in [-0.1, -0.05) is 0 Å². The monoisotopic (exact) mass is 192 g/mol. The molecule has 0 aliphatic carbocycles. The highest BCUT2D eigenvalue weighted by Gasteiger charge is 2.24. The summed E-state index contributed by atoms with van der Waals surface area (Å²) >= 11 is 0. The molecule has 0 radical (unpaired) electrons. The van der Waals surface area contributed by atoms with Gasteiger partial charge >= 0.3 is 0 Å². The summed E-state index contributed by atoms with van der Waals surface area (Å²) in [6, 6.07) is -1.10. The minimum Gasteiger partial charge on any atom is -0.396 e. The van der Waals surface area contributed by atoms with E-state index in [1.165, 1.54) is 0 Å². The largest absolute Gasteiger partial charge is 0.396 e. The fraction of sp³-hybridized carbons (Fsp3) is 0.714. The molecule has 0 saturated carbocycles. The molecule has 0 aromatic rings. The second-order valence-corrected chi connectivity index (χ2v) is 2.45. The number of hydrogen-bond acceptors (Lipinski definition) is 5. The molecule has 13 heavy (non-hydrogen) atoms. The molecule has 0 aromatic carbocycles. The SMILES string of the molecule is [2H]N(C=O)[C@H](CCO)[C@H](O)[C@H](O)C=O. The molecule has 6 heteroatoms. The Bertz CT molecular complexity index is 191. The number of nitrogens with one attached hydrogen (secondary N) is 1. The number of carbonyl (C=O) groups is 2. The molecule has 0 unspecified atom stereocenters. The molecule has 0 saturated heterocycles. The van der Waals surface area contributed by atoms with Crippen molar-refractivity contribution in [3.05, 3.63) is 0 Å². The van der Waals surface area contributed by atoms with Crippen LogP contribution in [0, 0.1) is 0 Å². The average Bonchev–Trinajstić information content (AvgIpc) is 2.22. The Labute approximate surface area is 76.6 Å². The topological polar surface area (TPSA) is 107 Å². The zero-order valence-electron chi connectivity index (χ0n) is 7.91. The molecule has 0 aliphatic rings. The summed E-state index contributed by atoms with van der Waals surface area (Å²) in [6.45, 7) is -0.365. The third-order valence-electron chi connectivity index (χ3n) is 1.56. The molecule has 0 bridgehead atoms. The first-order chi connectivity index (χ1) is 6.58. The maximum absolute atomic E-state index is 10.2. The van der Waals surface area contributed by atoms with Crippen LogP contribution in [-0.4, -0.2) is 52.9 Å². The van der Waals surface area contributed by atoms with Crippen molar-refractivity contribution in [1.82, 2.24) is 5.31 Å². The normalized spacial score (nSPS) is 18.2. The third-order valence-corrected chi connectivity index (χ3v) is 1.56. The maximum Gasteiger partial charge on any atom is 0.207 e. The molecule has 0 aromatic heterocycles. The lowest BCUT2D eigenvalue weighted by Gasteiger charge is -2.22. The van der Waals surface area contributed by atoms with Crippen molar-refractivity contribution in [1.29, 1.82) is 0 Å². The van der Waals surface area contributed by atoms with Crippen LogP contribution in [0.5, 0.6) is 0 Å². The number of aldehydes is 1. The number of hydrogen-bond donors (Lipinski definition) is 4. The van der Waals surface area contributed by atoms with Crippen molar-refractivity contribution in [3.63, 3.8) is 0 Å². The molecule has 3 atom stereocenters. The smallest absolute Gasteiger partial charge is 0.207 e. The molecular weight excluding hydrogens is 178 g/mol. The third kappa shape index (κ3) is 3.97. The second-order valence-electron chi connectivity index (χ2n) is 2.45. The van der Waals surface area contributed by atoms with Gasteiger partial charge in [-0.3, -0.25) is 4.79 Å². The fourth-order valence-electron chi connectivity index (χ4n) is 0.852. The van der Waals surface area contributed by atoms with E-state index in [4.69, 9.17) is 11.6 Å². The lowest BCUT2D eigenvalue weighted by molar-refractivity contribution is -0.123. The van der Waals surface area contributed by atoms with Crippen LogP contribution in [0.1, 0.15) is 6.42 Å². The predicted molar refractivity (Wildman–Crippen MR) is 42.8 cm³/mol. The Morgan fingerprint density at radius 1 is 1.46 bits per heavy atom. The van der Waals surface area contributed by atoms with E-state index in [0.717, 1.165) is 0 Å². The van der Waals surface area contributed by atoms with E-state index in [1.807, 2.05) is 0 Å². The van der Waals surface area contributed by atoms with Crippen LogP contribution in [-0.2, 0) is 9.59 Å². The zero-order chi connectivity index (χ0) is 11.1. The van der Waals surface area contributed by atoms with E-state index in [1.54, 1.807) is 0 Å². The molecule has 4 N–H and O–H groups in total. The molecule has 0 heterocycles. The average molecular weight is 192 g/mol. The number of carbonyl (C=O) groups excluding carboxylic acids is 2. The Morgan fingerprint density at radius 2 is 2.08 bits per heavy atom. The van der Waals surface area contributed by atoms with Crippen LogP contribution in [0.25, 0.3) is 0 Å². The van der Waals surface area contributed by atoms with Gasteiger partial charge in [-0.05, 0) is 6.42 Å². The number of aliphatic hydroxyl groups is 3. The summed E-state index contributed by atoms with van der Waals surface area (Å²) in [5.74, 6) is 0. The number of rotatable bonds is 7. The summed E-state index contributed by atoms with van der Waals surface area (Å²) in [5, 5.41) is 27.2. The fourth-order valence-corrected chi connectivity index (χ4v) is 0.852. The quantitative estimate of drug-likeness (QED) is 0.331. The molecule has 0 rings (SSSR count). The van der Waals surface area contributed by atoms with Crippen molar-refractivity contribution < 1.29 is 26.3 Å². The number of amides is 1. The molecule has 1 amide bonds. The van der Waals surface area contributed by atoms with E-state index in [9.17, 15) is 14.7 Å². The van der Waals surface area contributed by atoms with Gasteiger partial charge in [0.1, 0.15) is 12.2 Å². The first-order valence-corrected chi connectivity index (χ1v) is 3.73. The standard InChI is InChI=1S/C7H13NO5/c9-2-1-5(8-4-11)7(13)6(12)3-10/h3-7,9,12-13H,1-2H2,(H,8,11)/t5-,6-,7+/m1/s1/i/hD. The second kappa shape index (κ2) is 6.53. The highest BCUT2D eigenvalue weighted by Crippen LogP contribution is 2.01. The first kappa shape index (κ1) is 10.1. The minimum atomic E-state index is -1.67. The van der Waals surface area contributed by atoms with Gasteiger partial charge in [-0.2, -0.15) is 0 Å². The van der Waals surface area contributed by atoms with Crippen LogP contribution >= 0.6 is 0 Å². The predicted octanol–water partition coefficient (Wildman–Crippen LogP) is -2.60. The molecular formula is C7H13NO5. The Balaban J connectivity index is 4.45. The van der Waals surface area contributed by atoms with Gasteiger partial charge in [0.15, 0.2) is 7.70 Å². The van der Waals surface area contributed by atoms with Crippen molar-refractivity contribution in [2.75, 3.05) is 6.61 Å². The molecule has 0 aliphatic heterocycles. The highest BCUT2D eigenvalue weighted by molar-refractivity contribution is 5.57. The van der Waals surface area contributed by atoms with Crippen molar-refractivity contribution in [2.45, 2.75) is 24.7 Å². The van der Waals surface area contributed by atoms with Crippen molar-refractivity contribution in [3.8, 4) is 0 Å². The molecule has 6 nitrogen and oxygen atoms in total. The zero-order valence-corrected chi connectivity index (χ0v) is 6.91. The van der Waals surface area contributed by atoms with Crippen LogP contribution in [0.3, 0.4) is 0 Å². The van der Waals surface area contributed by atoms with Crippen LogP contribution in [0.2, 0.25) is 1.41 Å². The van der Waals surface area contributed by atoms with Gasteiger partial charge in [-0.25, -0.2) is 0 Å². The van der Waals surface area contributed by atoms with Gasteiger partial charge in [0.2, 0.25) is 6.41 Å². The number of aliphatic hydroxyl groups excluding tert-OH is 3. The van der Waals surface area contributed by atoms with E-state index in [0.29, 0.717) is 5.31 Å². The van der Waals surface area contributed by atoms with E-state index in [2.05, 4.69) is 0 Å². The minimum absolute atomic E-state index is 0.0890. The maximum atomic E-state index is 10.2. The lowest BCUT2D eigenvalue weighted by Crippen LogP contribution is -2.46. The summed E-state index contributed by atoms with van der Waals surface area (Å²) < 4.78 is 7.05. The molecule has 0 spiro atoms. The van der Waals surface area contributed by atoms with Crippen molar-refractivity contribution >= 4 is 12.7 Å². The molecule has 0 fully saturated rings. The summed E-state index contributed by atoms with van der Waals surface area (Å²) in [7, 11) is 0. The summed E-state index contributed by atoms with van der Waals surface area (Å²) in [5.41, 5.74) is 0. The van der Waals surface area contributed by atoms with Crippen LogP contribution < -0.4 is 5.31 Å². The van der Waals surface area contributed by atoms with E-state index < -0.39 is 18.2 Å². The van der Waals surface area contributed by atoms with Gasteiger partial charge in [0.05, 0.1) is 6.04 Å².